The Labute approximate surface area is 103 Å². The van der Waals surface area contributed by atoms with Gasteiger partial charge in [-0.05, 0) is 18.2 Å². The molecule has 0 unspecified atom stereocenters. The number of nitrogens with two attached hydrogens (primary N) is 2. The minimum atomic E-state index is -0.0236. The summed E-state index contributed by atoms with van der Waals surface area (Å²) >= 11 is 11.6. The van der Waals surface area contributed by atoms with Crippen LogP contribution in [0, 0.1) is 0 Å². The van der Waals surface area contributed by atoms with Gasteiger partial charge in [0.25, 0.3) is 0 Å². The molecule has 0 aliphatic heterocycles. The van der Waals surface area contributed by atoms with Crippen LogP contribution < -0.4 is 21.6 Å². The number of benzene rings is 1. The van der Waals surface area contributed by atoms with Gasteiger partial charge in [-0.15, -0.1) is 5.10 Å². The lowest BCUT2D eigenvalue weighted by atomic mass is 10.3. The monoisotopic (exact) mass is 262 g/mol. The van der Waals surface area contributed by atoms with Gasteiger partial charge in [-0.2, -0.15) is 0 Å². The lowest BCUT2D eigenvalue weighted by Crippen LogP contribution is -2.27. The van der Waals surface area contributed by atoms with Crippen molar-refractivity contribution in [1.29, 1.82) is 0 Å². The molecule has 0 bridgehead atoms. The van der Waals surface area contributed by atoms with Gasteiger partial charge >= 0.3 is 0 Å². The second kappa shape index (κ2) is 6.30. The van der Waals surface area contributed by atoms with Gasteiger partial charge in [0.15, 0.2) is 0 Å². The van der Waals surface area contributed by atoms with Crippen molar-refractivity contribution in [1.82, 2.24) is 5.43 Å². The van der Waals surface area contributed by atoms with Crippen molar-refractivity contribution >= 4 is 29.2 Å². The van der Waals surface area contributed by atoms with Crippen LogP contribution >= 0.6 is 23.2 Å². The zero-order valence-electron chi connectivity index (χ0n) is 8.41. The highest BCUT2D eigenvalue weighted by Gasteiger charge is 2.01. The van der Waals surface area contributed by atoms with Crippen molar-refractivity contribution in [3.8, 4) is 5.75 Å². The van der Waals surface area contributed by atoms with E-state index >= 15 is 0 Å². The molecule has 0 amide bonds. The van der Waals surface area contributed by atoms with Crippen LogP contribution in [0.4, 0.5) is 0 Å². The first-order valence-electron chi connectivity index (χ1n) is 4.49. The molecule has 16 heavy (non-hydrogen) atoms. The molecule has 5 N–H and O–H groups in total. The second-order valence-electron chi connectivity index (χ2n) is 2.87. The lowest BCUT2D eigenvalue weighted by molar-refractivity contribution is 0.315. The average molecular weight is 263 g/mol. The van der Waals surface area contributed by atoms with E-state index in [-0.39, 0.29) is 5.96 Å². The SMILES string of the molecule is NC(N)=NNCCOc1ccc(Cl)cc1Cl. The molecule has 1 aromatic rings. The lowest BCUT2D eigenvalue weighted by Gasteiger charge is -2.07. The zero-order chi connectivity index (χ0) is 12.0. The quantitative estimate of drug-likeness (QED) is 0.322. The molecule has 5 nitrogen and oxygen atoms in total. The molecular formula is C9H12Cl2N4O. The van der Waals surface area contributed by atoms with Crippen LogP contribution in [0.5, 0.6) is 5.75 Å². The summed E-state index contributed by atoms with van der Waals surface area (Å²) in [5, 5.41) is 4.61. The minimum Gasteiger partial charge on any atom is -0.490 e. The van der Waals surface area contributed by atoms with Gasteiger partial charge in [-0.25, -0.2) is 0 Å². The van der Waals surface area contributed by atoms with Crippen LogP contribution in [0.2, 0.25) is 10.0 Å². The molecule has 0 spiro atoms. The van der Waals surface area contributed by atoms with E-state index in [1.165, 1.54) is 0 Å². The van der Waals surface area contributed by atoms with Crippen molar-refractivity contribution in [3.05, 3.63) is 28.2 Å². The molecule has 88 valence electrons. The number of nitrogens with zero attached hydrogens (tertiary/aromatic N) is 1. The summed E-state index contributed by atoms with van der Waals surface area (Å²) < 4.78 is 5.37. The third-order valence-corrected chi connectivity index (χ3v) is 2.10. The van der Waals surface area contributed by atoms with Crippen LogP contribution in [0.1, 0.15) is 0 Å². The second-order valence-corrected chi connectivity index (χ2v) is 3.71. The Morgan fingerprint density at radius 3 is 2.75 bits per heavy atom. The van der Waals surface area contributed by atoms with Crippen LogP contribution in [0.3, 0.4) is 0 Å². The maximum Gasteiger partial charge on any atom is 0.208 e. The molecule has 0 fully saturated rings. The van der Waals surface area contributed by atoms with Gasteiger partial charge < -0.3 is 21.6 Å². The summed E-state index contributed by atoms with van der Waals surface area (Å²) in [5.74, 6) is 0.544. The van der Waals surface area contributed by atoms with E-state index in [4.69, 9.17) is 39.4 Å². The van der Waals surface area contributed by atoms with Crippen molar-refractivity contribution in [2.24, 2.45) is 16.6 Å². The predicted molar refractivity (Wildman–Crippen MR) is 65.8 cm³/mol. The normalized spacial score (nSPS) is 9.62. The number of halogens is 2. The van der Waals surface area contributed by atoms with Gasteiger partial charge in [-0.3, -0.25) is 0 Å². The standard InChI is InChI=1S/C9H12Cl2N4O/c10-6-1-2-8(7(11)5-6)16-4-3-14-15-9(12)13/h1-2,5,14H,3-4H2,(H4,12,13,15). The Morgan fingerprint density at radius 2 is 2.12 bits per heavy atom. The van der Waals surface area contributed by atoms with E-state index in [1.807, 2.05) is 0 Å². The molecule has 0 atom stereocenters. The van der Waals surface area contributed by atoms with Gasteiger partial charge in [0.2, 0.25) is 5.96 Å². The van der Waals surface area contributed by atoms with Crippen LogP contribution in [-0.2, 0) is 0 Å². The molecule has 0 saturated heterocycles. The van der Waals surface area contributed by atoms with Crippen LogP contribution in [-0.4, -0.2) is 19.1 Å². The highest BCUT2D eigenvalue weighted by molar-refractivity contribution is 6.35. The number of hydrogen-bond acceptors (Lipinski definition) is 3. The topological polar surface area (TPSA) is 85.7 Å². The first kappa shape index (κ1) is 12.7. The summed E-state index contributed by atoms with van der Waals surface area (Å²) in [4.78, 5) is 0. The van der Waals surface area contributed by atoms with E-state index in [9.17, 15) is 0 Å². The maximum absolute atomic E-state index is 5.90. The molecule has 0 saturated carbocycles. The van der Waals surface area contributed by atoms with Gasteiger partial charge in [-0.1, -0.05) is 23.2 Å². The first-order chi connectivity index (χ1) is 7.59. The number of hydrogen-bond donors (Lipinski definition) is 3. The largest absolute Gasteiger partial charge is 0.490 e. The Hall–Kier alpha value is -1.33. The Morgan fingerprint density at radius 1 is 1.38 bits per heavy atom. The van der Waals surface area contributed by atoms with Crippen molar-refractivity contribution in [2.75, 3.05) is 13.2 Å². The van der Waals surface area contributed by atoms with E-state index in [2.05, 4.69) is 10.5 Å². The van der Waals surface area contributed by atoms with Crippen LogP contribution in [0.25, 0.3) is 0 Å². The third-order valence-electron chi connectivity index (χ3n) is 1.57. The number of guanidine groups is 1. The molecule has 0 aromatic heterocycles. The Balaban J connectivity index is 2.35. The molecule has 0 radical (unpaired) electrons. The number of ether oxygens (including phenoxy) is 1. The van der Waals surface area contributed by atoms with E-state index in [0.717, 1.165) is 0 Å². The number of nitrogens with one attached hydrogen (secondary N) is 1. The van der Waals surface area contributed by atoms with E-state index < -0.39 is 0 Å². The fraction of sp³-hybridized carbons (Fsp3) is 0.222. The van der Waals surface area contributed by atoms with Gasteiger partial charge in [0.05, 0.1) is 11.6 Å². The number of hydrazone groups is 1. The van der Waals surface area contributed by atoms with Crippen molar-refractivity contribution in [2.45, 2.75) is 0 Å². The zero-order valence-corrected chi connectivity index (χ0v) is 9.92. The average Bonchev–Trinajstić information content (AvgIpc) is 2.20. The summed E-state index contributed by atoms with van der Waals surface area (Å²) in [6.07, 6.45) is 0. The molecule has 1 aromatic carbocycles. The van der Waals surface area contributed by atoms with Gasteiger partial charge in [0, 0.05) is 5.02 Å². The first-order valence-corrected chi connectivity index (χ1v) is 5.24. The van der Waals surface area contributed by atoms with Crippen molar-refractivity contribution in [3.63, 3.8) is 0 Å². The molecular weight excluding hydrogens is 251 g/mol. The number of rotatable bonds is 5. The Kier molecular flexibility index (Phi) is 5.01. The maximum atomic E-state index is 5.90. The van der Waals surface area contributed by atoms with Gasteiger partial charge in [0.1, 0.15) is 12.4 Å². The predicted octanol–water partition coefficient (Wildman–Crippen LogP) is 1.15. The van der Waals surface area contributed by atoms with E-state index in [0.29, 0.717) is 28.9 Å². The molecule has 0 aliphatic rings. The molecule has 7 heteroatoms. The fourth-order valence-electron chi connectivity index (χ4n) is 0.946. The summed E-state index contributed by atoms with van der Waals surface area (Å²) in [6, 6.07) is 5.01. The van der Waals surface area contributed by atoms with E-state index in [1.54, 1.807) is 18.2 Å². The highest BCUT2D eigenvalue weighted by Crippen LogP contribution is 2.27. The fourth-order valence-corrected chi connectivity index (χ4v) is 1.41. The van der Waals surface area contributed by atoms with Crippen molar-refractivity contribution < 1.29 is 4.74 Å². The molecule has 0 aliphatic carbocycles. The summed E-state index contributed by atoms with van der Waals surface area (Å²) in [6.45, 7) is 0.856. The minimum absolute atomic E-state index is 0.0236. The summed E-state index contributed by atoms with van der Waals surface area (Å²) in [5.41, 5.74) is 12.9. The smallest absolute Gasteiger partial charge is 0.208 e. The Bertz CT molecular complexity index is 380. The third kappa shape index (κ3) is 4.46. The molecule has 1 rings (SSSR count). The summed E-state index contributed by atoms with van der Waals surface area (Å²) in [7, 11) is 0. The molecule has 0 heterocycles. The highest BCUT2D eigenvalue weighted by atomic mass is 35.5. The van der Waals surface area contributed by atoms with Crippen LogP contribution in [0.15, 0.2) is 23.3 Å².